The van der Waals surface area contributed by atoms with Gasteiger partial charge in [0.15, 0.2) is 18.9 Å². The van der Waals surface area contributed by atoms with E-state index in [9.17, 15) is 61.3 Å². The van der Waals surface area contributed by atoms with Crippen LogP contribution in [-0.2, 0) is 28.4 Å². The van der Waals surface area contributed by atoms with Crippen molar-refractivity contribution in [2.45, 2.75) is 204 Å². The van der Waals surface area contributed by atoms with E-state index < -0.39 is 144 Å². The predicted octanol–water partition coefficient (Wildman–Crippen LogP) is -1.20. The zero-order valence-corrected chi connectivity index (χ0v) is 38.4. The molecule has 18 heteroatoms. The zero-order valence-electron chi connectivity index (χ0n) is 38.4. The largest absolute Gasteiger partial charge is 0.396 e. The summed E-state index contributed by atoms with van der Waals surface area (Å²) in [5, 5.41) is 133. The molecule has 8 rings (SSSR count). The van der Waals surface area contributed by atoms with E-state index in [-0.39, 0.29) is 36.6 Å². The number of ether oxygens (including phenoxy) is 6. The number of aliphatic hydroxyl groups is 12. The summed E-state index contributed by atoms with van der Waals surface area (Å²) in [6, 6.07) is 0. The summed E-state index contributed by atoms with van der Waals surface area (Å²) in [4.78, 5) is 0. The molecule has 3 saturated heterocycles. The number of allylic oxidation sites excluding steroid dienone is 1. The first-order valence-electron chi connectivity index (χ1n) is 23.4. The Morgan fingerprint density at radius 2 is 1.25 bits per heavy atom. The van der Waals surface area contributed by atoms with Gasteiger partial charge in [-0.05, 0) is 84.9 Å². The van der Waals surface area contributed by atoms with E-state index in [4.69, 9.17) is 28.4 Å². The maximum absolute atomic E-state index is 12.4. The minimum Gasteiger partial charge on any atom is -0.396 e. The Kier molecular flexibility index (Phi) is 13.0. The van der Waals surface area contributed by atoms with Gasteiger partial charge in [0.05, 0.1) is 61.9 Å². The summed E-state index contributed by atoms with van der Waals surface area (Å²) in [6.07, 6.45) is -18.1. The first kappa shape index (κ1) is 49.4. The van der Waals surface area contributed by atoms with Gasteiger partial charge < -0.3 is 89.7 Å². The molecule has 368 valence electrons. The monoisotopic (exact) mass is 917 g/mol. The van der Waals surface area contributed by atoms with Crippen molar-refractivity contribution in [1.82, 2.24) is 0 Å². The number of hydrogen-bond acceptors (Lipinski definition) is 18. The molecule has 64 heavy (non-hydrogen) atoms. The van der Waals surface area contributed by atoms with E-state index in [1.54, 1.807) is 0 Å². The molecule has 0 aromatic carbocycles. The molecule has 0 bridgehead atoms. The van der Waals surface area contributed by atoms with Crippen LogP contribution in [0.1, 0.15) is 93.9 Å². The molecule has 8 aliphatic rings. The van der Waals surface area contributed by atoms with E-state index in [1.807, 2.05) is 20.8 Å². The lowest BCUT2D eigenvalue weighted by molar-refractivity contribution is -0.365. The Morgan fingerprint density at radius 1 is 0.641 bits per heavy atom. The highest BCUT2D eigenvalue weighted by molar-refractivity contribution is 5.38. The van der Waals surface area contributed by atoms with Gasteiger partial charge in [0, 0.05) is 5.41 Å². The van der Waals surface area contributed by atoms with Gasteiger partial charge in [0.25, 0.3) is 0 Å². The highest BCUT2D eigenvalue weighted by Crippen LogP contribution is 2.76. The predicted molar refractivity (Wildman–Crippen MR) is 222 cm³/mol. The molecule has 4 saturated carbocycles. The number of fused-ring (bicyclic) bond motifs is 7. The topological polar surface area (TPSA) is 298 Å². The van der Waals surface area contributed by atoms with Crippen LogP contribution in [0.15, 0.2) is 11.6 Å². The fourth-order valence-electron chi connectivity index (χ4n) is 14.9. The van der Waals surface area contributed by atoms with Crippen LogP contribution >= 0.6 is 0 Å². The third-order valence-electron chi connectivity index (χ3n) is 19.0. The molecule has 0 amide bonds. The minimum absolute atomic E-state index is 0.0779. The molecular weight excluding hydrogens is 840 g/mol. The SMILES string of the molecule is C[C@@H]1O[C@H](O[C@@H]2CO[C@H](O[C@@H]3CC[C@]4(C)[C@@H](CC[C@@]5(C)[C@H]4CC=C4[C@H]6CC(C)(C)[C@H](O)[C@@H](O)[C@]6(CO)[C@H](O)[C@@H](O)[C@]45C)C3(C)C)[C@H](O)[C@H]2O)[C@@H](O)[C@@H](O)[C@H]1O[C@@H]1OC[C@H](O)[C@H](O)[C@H]1O. The summed E-state index contributed by atoms with van der Waals surface area (Å²) in [5.41, 5.74) is -3.36. The van der Waals surface area contributed by atoms with Crippen molar-refractivity contribution in [3.8, 4) is 0 Å². The first-order valence-corrected chi connectivity index (χ1v) is 23.4. The van der Waals surface area contributed by atoms with Crippen LogP contribution in [0.2, 0.25) is 0 Å². The maximum atomic E-state index is 12.4. The summed E-state index contributed by atoms with van der Waals surface area (Å²) < 4.78 is 35.3. The standard InChI is InChI=1S/C46H76O18/c1-19-33(64-39-30(52)27(49)22(48)16-59-39)29(51)32(54)40(61-19)62-23-17-60-38(31(53)28(23)50)63-26-12-13-43(6)24(42(26,4)5)11-14-44(7)25(43)10-9-20-21-15-41(2,3)34(55)36(57)46(21,18-47)37(58)35(56)45(20,44)8/h9,19,21-40,47-58H,10-18H2,1-8H3/t19-,21+,22-,23+,24-,25-,26+,27-,28-,29+,30+,31+,32-,33-,34+,35+,36+,37+,38+,39-,40+,43+,44-,45-,46+/m0/s1. The van der Waals surface area contributed by atoms with Gasteiger partial charge in [-0.15, -0.1) is 0 Å². The molecule has 12 N–H and O–H groups in total. The lowest BCUT2D eigenvalue weighted by Gasteiger charge is -2.73. The zero-order chi connectivity index (χ0) is 47.0. The van der Waals surface area contributed by atoms with Crippen molar-refractivity contribution >= 4 is 0 Å². The van der Waals surface area contributed by atoms with Crippen LogP contribution in [0.25, 0.3) is 0 Å². The molecule has 0 aromatic rings. The van der Waals surface area contributed by atoms with Crippen LogP contribution in [0.3, 0.4) is 0 Å². The van der Waals surface area contributed by atoms with Gasteiger partial charge in [-0.25, -0.2) is 0 Å². The Morgan fingerprint density at radius 3 is 1.92 bits per heavy atom. The second-order valence-electron chi connectivity index (χ2n) is 22.8. The molecule has 3 aliphatic heterocycles. The highest BCUT2D eigenvalue weighted by Gasteiger charge is 2.75. The summed E-state index contributed by atoms with van der Waals surface area (Å²) in [7, 11) is 0. The van der Waals surface area contributed by atoms with Crippen molar-refractivity contribution in [1.29, 1.82) is 0 Å². The molecule has 7 fully saturated rings. The molecule has 25 atom stereocenters. The third-order valence-corrected chi connectivity index (χ3v) is 19.0. The molecule has 0 radical (unpaired) electrons. The van der Waals surface area contributed by atoms with Crippen LogP contribution in [0.4, 0.5) is 0 Å². The minimum atomic E-state index is -1.71. The Labute approximate surface area is 375 Å². The second kappa shape index (κ2) is 16.9. The van der Waals surface area contributed by atoms with Crippen LogP contribution in [-0.4, -0.2) is 192 Å². The maximum Gasteiger partial charge on any atom is 0.187 e. The van der Waals surface area contributed by atoms with Crippen LogP contribution < -0.4 is 0 Å². The molecule has 0 spiro atoms. The summed E-state index contributed by atoms with van der Waals surface area (Å²) in [6.45, 7) is 15.1. The van der Waals surface area contributed by atoms with Crippen molar-refractivity contribution in [3.63, 3.8) is 0 Å². The van der Waals surface area contributed by atoms with E-state index >= 15 is 0 Å². The fraction of sp³-hybridized carbons (Fsp3) is 0.957. The Balaban J connectivity index is 0.935. The highest BCUT2D eigenvalue weighted by atomic mass is 16.8. The third kappa shape index (κ3) is 7.01. The van der Waals surface area contributed by atoms with Gasteiger partial charge in [0.1, 0.15) is 54.9 Å². The number of aliphatic hydroxyl groups excluding tert-OH is 12. The van der Waals surface area contributed by atoms with E-state index in [2.05, 4.69) is 33.8 Å². The van der Waals surface area contributed by atoms with E-state index in [0.29, 0.717) is 19.3 Å². The van der Waals surface area contributed by atoms with Crippen molar-refractivity contribution < 1.29 is 89.7 Å². The lowest BCUT2D eigenvalue weighted by atomic mass is 9.32. The van der Waals surface area contributed by atoms with Gasteiger partial charge in [-0.1, -0.05) is 60.1 Å². The fourth-order valence-corrected chi connectivity index (χ4v) is 14.9. The molecular formula is C46H76O18. The summed E-state index contributed by atoms with van der Waals surface area (Å²) >= 11 is 0. The van der Waals surface area contributed by atoms with E-state index in [0.717, 1.165) is 24.8 Å². The van der Waals surface area contributed by atoms with Gasteiger partial charge >= 0.3 is 0 Å². The average molecular weight is 917 g/mol. The molecule has 0 aromatic heterocycles. The van der Waals surface area contributed by atoms with Crippen LogP contribution in [0.5, 0.6) is 0 Å². The molecule has 0 unspecified atom stereocenters. The van der Waals surface area contributed by atoms with Crippen molar-refractivity contribution in [2.24, 2.45) is 50.2 Å². The van der Waals surface area contributed by atoms with E-state index in [1.165, 1.54) is 6.92 Å². The average Bonchev–Trinajstić information content (AvgIpc) is 3.23. The molecule has 18 nitrogen and oxygen atoms in total. The van der Waals surface area contributed by atoms with Gasteiger partial charge in [0.2, 0.25) is 0 Å². The smallest absolute Gasteiger partial charge is 0.187 e. The molecule has 3 heterocycles. The van der Waals surface area contributed by atoms with Crippen LogP contribution in [0, 0.1) is 50.2 Å². The lowest BCUT2D eigenvalue weighted by Crippen LogP contribution is -2.76. The second-order valence-corrected chi connectivity index (χ2v) is 22.8. The van der Waals surface area contributed by atoms with Gasteiger partial charge in [-0.3, -0.25) is 0 Å². The summed E-state index contributed by atoms with van der Waals surface area (Å²) in [5.74, 6) is -0.260. The van der Waals surface area contributed by atoms with Crippen molar-refractivity contribution in [2.75, 3.05) is 19.8 Å². The van der Waals surface area contributed by atoms with Gasteiger partial charge in [-0.2, -0.15) is 0 Å². The number of hydrogen-bond donors (Lipinski definition) is 12. The number of rotatable bonds is 7. The Bertz CT molecular complexity index is 1730. The first-order chi connectivity index (χ1) is 29.7. The quantitative estimate of drug-likeness (QED) is 0.106. The molecule has 5 aliphatic carbocycles. The van der Waals surface area contributed by atoms with Crippen molar-refractivity contribution in [3.05, 3.63) is 11.6 Å². The Hall–Kier alpha value is -0.980. The normalized spacial score (nSPS) is 57.1.